The van der Waals surface area contributed by atoms with Gasteiger partial charge in [0.15, 0.2) is 0 Å². The van der Waals surface area contributed by atoms with Gasteiger partial charge in [-0.2, -0.15) is 11.8 Å². The molecule has 2 aliphatic carbocycles. The number of oxime groups is 1. The van der Waals surface area contributed by atoms with Gasteiger partial charge in [-0.25, -0.2) is 0 Å². The van der Waals surface area contributed by atoms with Crippen molar-refractivity contribution in [1.82, 2.24) is 4.98 Å². The lowest BCUT2D eigenvalue weighted by Crippen LogP contribution is -2.64. The van der Waals surface area contributed by atoms with Gasteiger partial charge in [0.1, 0.15) is 25.2 Å². The molecule has 1 aromatic heterocycles. The summed E-state index contributed by atoms with van der Waals surface area (Å²) < 4.78 is 20.2. The van der Waals surface area contributed by atoms with Crippen LogP contribution < -0.4 is 9.47 Å². The number of benzene rings is 1. The Labute approximate surface area is 283 Å². The van der Waals surface area contributed by atoms with Crippen LogP contribution in [0.5, 0.6) is 11.5 Å². The van der Waals surface area contributed by atoms with E-state index in [9.17, 15) is 10.2 Å². The Hall–Kier alpha value is -3.11. The predicted molar refractivity (Wildman–Crippen MR) is 188 cm³/mol. The first kappa shape index (κ1) is 35.2. The van der Waals surface area contributed by atoms with Crippen molar-refractivity contribution < 1.29 is 29.3 Å². The molecule has 1 aromatic carbocycles. The summed E-state index contributed by atoms with van der Waals surface area (Å²) in [6.07, 6.45) is 16.4. The summed E-state index contributed by atoms with van der Waals surface area (Å²) in [4.78, 5) is 9.68. The zero-order valence-electron chi connectivity index (χ0n) is 27.6. The smallest absolute Gasteiger partial charge is 0.230 e. The largest absolute Gasteiger partial charge is 0.490 e. The van der Waals surface area contributed by atoms with Crippen molar-refractivity contribution in [1.29, 1.82) is 0 Å². The molecule has 0 spiro atoms. The molecule has 1 saturated carbocycles. The molecule has 2 N–H and O–H groups in total. The van der Waals surface area contributed by atoms with E-state index in [1.807, 2.05) is 36.3 Å². The molecule has 1 fully saturated rings. The van der Waals surface area contributed by atoms with Gasteiger partial charge < -0.3 is 29.3 Å². The second kappa shape index (κ2) is 17.3. The molecule has 0 radical (unpaired) electrons. The Kier molecular flexibility index (Phi) is 13.0. The molecule has 254 valence electrons. The van der Waals surface area contributed by atoms with Crippen LogP contribution in [0, 0.1) is 17.8 Å². The minimum atomic E-state index is -0.970. The van der Waals surface area contributed by atoms with Crippen LogP contribution in [-0.2, 0) is 16.0 Å². The molecule has 0 amide bonds. The Bertz CT molecular complexity index is 1380. The van der Waals surface area contributed by atoms with Crippen LogP contribution >= 0.6 is 11.8 Å². The van der Waals surface area contributed by atoms with Gasteiger partial charge in [-0.15, -0.1) is 6.58 Å². The van der Waals surface area contributed by atoms with Crippen molar-refractivity contribution in [2.45, 2.75) is 68.3 Å². The normalized spacial score (nSPS) is 26.8. The second-order valence-electron chi connectivity index (χ2n) is 12.5. The van der Waals surface area contributed by atoms with Gasteiger partial charge in [-0.3, -0.25) is 4.98 Å². The van der Waals surface area contributed by atoms with Crippen LogP contribution in [0.15, 0.2) is 84.8 Å². The van der Waals surface area contributed by atoms with E-state index >= 15 is 0 Å². The molecule has 9 heteroatoms. The minimum Gasteiger partial charge on any atom is -0.490 e. The van der Waals surface area contributed by atoms with Crippen molar-refractivity contribution in [2.24, 2.45) is 22.9 Å². The van der Waals surface area contributed by atoms with Gasteiger partial charge in [0.2, 0.25) is 5.79 Å². The van der Waals surface area contributed by atoms with Gasteiger partial charge in [0.25, 0.3) is 0 Å². The van der Waals surface area contributed by atoms with E-state index in [2.05, 4.69) is 47.6 Å². The summed E-state index contributed by atoms with van der Waals surface area (Å²) >= 11 is 1.86. The number of aryl methyl sites for hydroxylation is 1. The Morgan fingerprint density at radius 3 is 2.53 bits per heavy atom. The maximum Gasteiger partial charge on any atom is 0.230 e. The van der Waals surface area contributed by atoms with Crippen molar-refractivity contribution in [3.8, 4) is 11.5 Å². The van der Waals surface area contributed by atoms with Crippen LogP contribution in [0.2, 0.25) is 0 Å². The number of aliphatic hydroxyl groups is 2. The fraction of sp³-hybridized carbons (Fsp3) is 0.526. The van der Waals surface area contributed by atoms with Gasteiger partial charge in [0, 0.05) is 43.5 Å². The molecule has 6 atom stereocenters. The van der Waals surface area contributed by atoms with Gasteiger partial charge in [-0.05, 0) is 91.2 Å². The molecule has 8 nitrogen and oxygen atoms in total. The lowest BCUT2D eigenvalue weighted by atomic mass is 9.56. The number of hydrogen-bond donors (Lipinski definition) is 2. The number of ether oxygens (including phenoxy) is 3. The van der Waals surface area contributed by atoms with E-state index in [-0.39, 0.29) is 42.1 Å². The number of hydrogen-bond acceptors (Lipinski definition) is 9. The average Bonchev–Trinajstić information content (AvgIpc) is 3.09. The third-order valence-electron chi connectivity index (χ3n) is 9.65. The quantitative estimate of drug-likeness (QED) is 0.0954. The molecule has 2 heterocycles. The van der Waals surface area contributed by atoms with Crippen LogP contribution in [0.1, 0.15) is 62.0 Å². The summed E-state index contributed by atoms with van der Waals surface area (Å²) in [5.74, 6) is 1.88. The highest BCUT2D eigenvalue weighted by atomic mass is 32.2. The minimum absolute atomic E-state index is 0.0410. The lowest BCUT2D eigenvalue weighted by molar-refractivity contribution is -0.223. The predicted octanol–water partition coefficient (Wildman–Crippen LogP) is 6.89. The number of aliphatic hydroxyl groups excluding tert-OH is 2. The Morgan fingerprint density at radius 1 is 1.04 bits per heavy atom. The van der Waals surface area contributed by atoms with Gasteiger partial charge in [0.05, 0.1) is 23.5 Å². The fourth-order valence-corrected chi connectivity index (χ4v) is 9.11. The van der Waals surface area contributed by atoms with Crippen LogP contribution in [0.25, 0.3) is 0 Å². The summed E-state index contributed by atoms with van der Waals surface area (Å²) in [7, 11) is 1.61. The standard InChI is InChI=1S/C38H50N2O6S/c1-4-21-44-29-12-13-34-32(25-29)36-30(11-7-9-20-42)28(10-6-8-19-41)24-31-33(40-43-3)26-35(38(46-34,37(31)36)45-22-5-2)47-23-16-27-14-17-39-18-15-27/h4-5,12-15,17-18,24-25,28,30,35-37,41-42H,1-2,6-11,16,19-23,26H2,3H3. The molecule has 2 aromatic rings. The van der Waals surface area contributed by atoms with E-state index in [0.717, 1.165) is 79.0 Å². The maximum atomic E-state index is 9.76. The molecule has 0 saturated heterocycles. The molecular weight excluding hydrogens is 612 g/mol. The molecule has 1 aliphatic heterocycles. The van der Waals surface area contributed by atoms with E-state index in [1.54, 1.807) is 19.3 Å². The lowest BCUT2D eigenvalue weighted by Gasteiger charge is -2.58. The number of thioether (sulfide) groups is 1. The summed E-state index contributed by atoms with van der Waals surface area (Å²) in [5.41, 5.74) is 4.42. The van der Waals surface area contributed by atoms with Gasteiger partial charge >= 0.3 is 0 Å². The Morgan fingerprint density at radius 2 is 1.81 bits per heavy atom. The summed E-state index contributed by atoms with van der Waals surface area (Å²) in [6.45, 7) is 8.95. The highest BCUT2D eigenvalue weighted by Gasteiger charge is 2.63. The van der Waals surface area contributed by atoms with Crippen molar-refractivity contribution in [3.63, 3.8) is 0 Å². The molecule has 47 heavy (non-hydrogen) atoms. The number of fused-ring (bicyclic) bond motifs is 2. The molecule has 0 bridgehead atoms. The third kappa shape index (κ3) is 7.96. The van der Waals surface area contributed by atoms with Crippen LogP contribution in [0.3, 0.4) is 0 Å². The zero-order valence-corrected chi connectivity index (χ0v) is 28.4. The van der Waals surface area contributed by atoms with E-state index < -0.39 is 5.79 Å². The number of nitrogens with zero attached hydrogens (tertiary/aromatic N) is 2. The molecule has 6 unspecified atom stereocenters. The third-order valence-corrected chi connectivity index (χ3v) is 11.0. The summed E-state index contributed by atoms with van der Waals surface area (Å²) in [5, 5.41) is 24.0. The highest BCUT2D eigenvalue weighted by Crippen LogP contribution is 2.62. The van der Waals surface area contributed by atoms with Crippen molar-refractivity contribution in [2.75, 3.05) is 39.3 Å². The number of pyridine rings is 1. The van der Waals surface area contributed by atoms with Crippen molar-refractivity contribution >= 4 is 17.5 Å². The highest BCUT2D eigenvalue weighted by molar-refractivity contribution is 8.00. The van der Waals surface area contributed by atoms with E-state index in [1.165, 1.54) is 5.56 Å². The first-order valence-corrected chi connectivity index (χ1v) is 18.0. The molecule has 5 rings (SSSR count). The van der Waals surface area contributed by atoms with Crippen LogP contribution in [-0.4, -0.2) is 71.2 Å². The number of rotatable bonds is 19. The van der Waals surface area contributed by atoms with Gasteiger partial charge in [-0.1, -0.05) is 42.8 Å². The van der Waals surface area contributed by atoms with E-state index in [4.69, 9.17) is 19.0 Å². The number of unbranched alkanes of at least 4 members (excludes halogenated alkanes) is 2. The molecule has 3 aliphatic rings. The van der Waals surface area contributed by atoms with Crippen LogP contribution in [0.4, 0.5) is 0 Å². The first-order valence-electron chi connectivity index (χ1n) is 17.0. The van der Waals surface area contributed by atoms with Crippen molar-refractivity contribution in [3.05, 3.63) is 90.8 Å². The second-order valence-corrected chi connectivity index (χ2v) is 13.8. The Balaban J connectivity index is 1.65. The maximum absolute atomic E-state index is 9.76. The fourth-order valence-electron chi connectivity index (χ4n) is 7.70. The SMILES string of the molecule is C=CCOc1ccc2c(c1)C1C(CCCCO)C(CCCCO)C=C3C(=NOC)CC(SCCc4ccncc4)C(OCC=C)(O2)C31. The zero-order chi connectivity index (χ0) is 33.1. The number of allylic oxidation sites excluding steroid dienone is 1. The average molecular weight is 663 g/mol. The molecular formula is C38H50N2O6S. The van der Waals surface area contributed by atoms with E-state index in [0.29, 0.717) is 19.6 Å². The monoisotopic (exact) mass is 662 g/mol. The topological polar surface area (TPSA) is 103 Å². The summed E-state index contributed by atoms with van der Waals surface area (Å²) in [6, 6.07) is 10.3. The number of aromatic nitrogens is 1. The first-order chi connectivity index (χ1) is 23.1.